The van der Waals surface area contributed by atoms with Gasteiger partial charge in [0.05, 0.1) is 11.5 Å². The Hall–Kier alpha value is -4.04. The van der Waals surface area contributed by atoms with Crippen LogP contribution in [0.25, 0.3) is 0 Å². The van der Waals surface area contributed by atoms with Crippen molar-refractivity contribution in [3.05, 3.63) is 120 Å². The molecule has 2 unspecified atom stereocenters. The van der Waals surface area contributed by atoms with Crippen LogP contribution in [-0.4, -0.2) is 31.0 Å². The van der Waals surface area contributed by atoms with Crippen LogP contribution < -0.4 is 10.6 Å². The number of amides is 2. The van der Waals surface area contributed by atoms with Crippen molar-refractivity contribution in [3.63, 3.8) is 0 Å². The Kier molecular flexibility index (Phi) is 8.86. The topological polar surface area (TPSA) is 105 Å². The number of nitrogens with one attached hydrogen (secondary N) is 2. The molecule has 1 aliphatic carbocycles. The lowest BCUT2D eigenvalue weighted by atomic mass is 9.83. The SMILES string of the molecule is CC(=O)Cc1cccc(C2C=CC=CC2CS(=O)(=O)Cc2ccc(NC(=O)NCc3cccnc3)cc2)c1. The number of Topliss-reactive ketones (excluding diaryl/α,β-unsaturated/α-hetero) is 1. The predicted molar refractivity (Wildman–Crippen MR) is 149 cm³/mol. The summed E-state index contributed by atoms with van der Waals surface area (Å²) in [6.07, 6.45) is 11.5. The standard InChI is InChI=1S/C30H31N3O4S/c1-22(34)16-24-6-4-9-26(17-24)29-10-3-2-8-27(29)21-38(36,37)20-23-11-13-28(14-12-23)33-30(35)32-19-25-7-5-15-31-18-25/h2-15,17-18,27,29H,16,19-21H2,1H3,(H2,32,33,35). The van der Waals surface area contributed by atoms with E-state index in [0.29, 0.717) is 24.2 Å². The Morgan fingerprint density at radius 3 is 2.42 bits per heavy atom. The molecule has 2 N–H and O–H groups in total. The van der Waals surface area contributed by atoms with Gasteiger partial charge >= 0.3 is 6.03 Å². The molecule has 3 aromatic rings. The maximum absolute atomic E-state index is 13.2. The number of pyridine rings is 1. The molecule has 196 valence electrons. The summed E-state index contributed by atoms with van der Waals surface area (Å²) in [5.74, 6) is -0.287. The summed E-state index contributed by atoms with van der Waals surface area (Å²) in [4.78, 5) is 27.7. The van der Waals surface area contributed by atoms with Gasteiger partial charge in [-0.1, -0.05) is 66.8 Å². The van der Waals surface area contributed by atoms with Crippen molar-refractivity contribution in [2.75, 3.05) is 11.1 Å². The number of aromatic nitrogens is 1. The second-order valence-corrected chi connectivity index (χ2v) is 11.6. The fourth-order valence-corrected chi connectivity index (χ4v) is 6.24. The van der Waals surface area contributed by atoms with Gasteiger partial charge in [-0.15, -0.1) is 0 Å². The molecule has 4 rings (SSSR count). The van der Waals surface area contributed by atoms with E-state index in [9.17, 15) is 18.0 Å². The Bertz CT molecular complexity index is 1430. The van der Waals surface area contributed by atoms with Gasteiger partial charge in [0, 0.05) is 42.9 Å². The van der Waals surface area contributed by atoms with Crippen molar-refractivity contribution in [2.45, 2.75) is 31.6 Å². The largest absolute Gasteiger partial charge is 0.334 e. The first kappa shape index (κ1) is 27.0. The van der Waals surface area contributed by atoms with Crippen LogP contribution in [0.2, 0.25) is 0 Å². The number of urea groups is 1. The number of hydrogen-bond acceptors (Lipinski definition) is 5. The van der Waals surface area contributed by atoms with Gasteiger partial charge in [-0.2, -0.15) is 0 Å². The minimum Gasteiger partial charge on any atom is -0.334 e. The fourth-order valence-electron chi connectivity index (χ4n) is 4.52. The molecule has 2 aromatic carbocycles. The molecule has 1 heterocycles. The van der Waals surface area contributed by atoms with Crippen molar-refractivity contribution in [3.8, 4) is 0 Å². The number of hydrogen-bond donors (Lipinski definition) is 2. The van der Waals surface area contributed by atoms with Crippen molar-refractivity contribution in [1.82, 2.24) is 10.3 Å². The molecular formula is C30H31N3O4S. The molecule has 0 saturated heterocycles. The monoisotopic (exact) mass is 529 g/mol. The molecule has 2 amide bonds. The highest BCUT2D eigenvalue weighted by atomic mass is 32.2. The van der Waals surface area contributed by atoms with Gasteiger partial charge in [0.15, 0.2) is 9.84 Å². The Morgan fingerprint density at radius 1 is 0.921 bits per heavy atom. The number of rotatable bonds is 10. The molecule has 7 nitrogen and oxygen atoms in total. The van der Waals surface area contributed by atoms with E-state index >= 15 is 0 Å². The van der Waals surface area contributed by atoms with E-state index in [1.165, 1.54) is 0 Å². The number of benzene rings is 2. The first-order valence-corrected chi connectivity index (χ1v) is 14.3. The lowest BCUT2D eigenvalue weighted by Gasteiger charge is -2.25. The lowest BCUT2D eigenvalue weighted by molar-refractivity contribution is -0.116. The number of ketones is 1. The molecule has 0 fully saturated rings. The predicted octanol–water partition coefficient (Wildman–Crippen LogP) is 4.98. The first-order chi connectivity index (χ1) is 18.3. The van der Waals surface area contributed by atoms with E-state index in [4.69, 9.17) is 0 Å². The van der Waals surface area contributed by atoms with Crippen LogP contribution in [0.3, 0.4) is 0 Å². The van der Waals surface area contributed by atoms with Crippen LogP contribution in [-0.2, 0) is 33.4 Å². The van der Waals surface area contributed by atoms with Gasteiger partial charge in [0.1, 0.15) is 5.78 Å². The number of carbonyl (C=O) groups excluding carboxylic acids is 2. The normalized spacial score (nSPS) is 16.7. The Balaban J connectivity index is 1.35. The number of carbonyl (C=O) groups is 2. The minimum absolute atomic E-state index is 0.00614. The van der Waals surface area contributed by atoms with Crippen LogP contribution >= 0.6 is 0 Å². The molecule has 0 spiro atoms. The number of nitrogens with zero attached hydrogens (tertiary/aromatic N) is 1. The average molecular weight is 530 g/mol. The second kappa shape index (κ2) is 12.5. The summed E-state index contributed by atoms with van der Waals surface area (Å²) in [5.41, 5.74) is 4.04. The second-order valence-electron chi connectivity index (χ2n) is 9.50. The quantitative estimate of drug-likeness (QED) is 0.386. The first-order valence-electron chi connectivity index (χ1n) is 12.4. The van der Waals surface area contributed by atoms with Crippen molar-refractivity contribution in [1.29, 1.82) is 0 Å². The third-order valence-corrected chi connectivity index (χ3v) is 7.92. The van der Waals surface area contributed by atoms with Gasteiger partial charge < -0.3 is 10.6 Å². The van der Waals surface area contributed by atoms with Gasteiger partial charge in [-0.25, -0.2) is 13.2 Å². The summed E-state index contributed by atoms with van der Waals surface area (Å²) in [7, 11) is -3.42. The smallest absolute Gasteiger partial charge is 0.319 e. The van der Waals surface area contributed by atoms with E-state index < -0.39 is 9.84 Å². The zero-order valence-corrected chi connectivity index (χ0v) is 22.0. The maximum atomic E-state index is 13.2. The lowest BCUT2D eigenvalue weighted by Crippen LogP contribution is -2.28. The number of allylic oxidation sites excluding steroid dienone is 4. The fraction of sp³-hybridized carbons (Fsp3) is 0.233. The van der Waals surface area contributed by atoms with Crippen LogP contribution in [0.1, 0.15) is 35.1 Å². The average Bonchev–Trinajstić information content (AvgIpc) is 2.89. The summed E-state index contributed by atoms with van der Waals surface area (Å²) in [6.45, 7) is 1.91. The molecular weight excluding hydrogens is 498 g/mol. The highest BCUT2D eigenvalue weighted by Crippen LogP contribution is 2.32. The summed E-state index contributed by atoms with van der Waals surface area (Å²) in [6, 6.07) is 18.0. The van der Waals surface area contributed by atoms with Crippen molar-refractivity contribution < 1.29 is 18.0 Å². The molecule has 0 radical (unpaired) electrons. The zero-order chi connectivity index (χ0) is 27.0. The molecule has 0 bridgehead atoms. The minimum atomic E-state index is -3.42. The number of sulfone groups is 1. The summed E-state index contributed by atoms with van der Waals surface area (Å²) >= 11 is 0. The van der Waals surface area contributed by atoms with E-state index in [1.54, 1.807) is 49.6 Å². The van der Waals surface area contributed by atoms with Gasteiger partial charge in [-0.05, 0) is 47.4 Å². The zero-order valence-electron chi connectivity index (χ0n) is 21.2. The van der Waals surface area contributed by atoms with Crippen LogP contribution in [0.5, 0.6) is 0 Å². The van der Waals surface area contributed by atoms with Crippen molar-refractivity contribution in [2.24, 2.45) is 5.92 Å². The van der Waals surface area contributed by atoms with Crippen LogP contribution in [0.4, 0.5) is 10.5 Å². The third-order valence-electron chi connectivity index (χ3n) is 6.26. The van der Waals surface area contributed by atoms with E-state index in [-0.39, 0.29) is 35.2 Å². The number of anilines is 1. The highest BCUT2D eigenvalue weighted by molar-refractivity contribution is 7.90. The molecule has 1 aliphatic rings. The highest BCUT2D eigenvalue weighted by Gasteiger charge is 2.26. The van der Waals surface area contributed by atoms with E-state index in [2.05, 4.69) is 15.6 Å². The molecule has 38 heavy (non-hydrogen) atoms. The van der Waals surface area contributed by atoms with Crippen LogP contribution in [0, 0.1) is 5.92 Å². The summed E-state index contributed by atoms with van der Waals surface area (Å²) in [5, 5.41) is 5.51. The Morgan fingerprint density at radius 2 is 1.68 bits per heavy atom. The van der Waals surface area contributed by atoms with E-state index in [0.717, 1.165) is 16.7 Å². The van der Waals surface area contributed by atoms with Crippen molar-refractivity contribution >= 4 is 27.3 Å². The molecule has 8 heteroatoms. The van der Waals surface area contributed by atoms with E-state index in [1.807, 2.05) is 54.6 Å². The molecule has 2 atom stereocenters. The maximum Gasteiger partial charge on any atom is 0.319 e. The van der Waals surface area contributed by atoms with Gasteiger partial charge in [0.2, 0.25) is 0 Å². The van der Waals surface area contributed by atoms with Crippen LogP contribution in [0.15, 0.2) is 97.4 Å². The van der Waals surface area contributed by atoms with Gasteiger partial charge in [-0.3, -0.25) is 9.78 Å². The third kappa shape index (κ3) is 7.98. The molecule has 0 aliphatic heterocycles. The molecule has 1 aromatic heterocycles. The van der Waals surface area contributed by atoms with Gasteiger partial charge in [0.25, 0.3) is 0 Å². The Labute approximate surface area is 223 Å². The summed E-state index contributed by atoms with van der Waals surface area (Å²) < 4.78 is 26.3. The molecule has 0 saturated carbocycles.